The van der Waals surface area contributed by atoms with Crippen LogP contribution >= 0.6 is 0 Å². The monoisotopic (exact) mass is 368 g/mol. The van der Waals surface area contributed by atoms with Crippen molar-refractivity contribution in [3.63, 3.8) is 0 Å². The first kappa shape index (κ1) is 17.6. The van der Waals surface area contributed by atoms with Crippen LogP contribution < -0.4 is 10.1 Å². The molecule has 2 aliphatic rings. The smallest absolute Gasteiger partial charge is 0.257 e. The Kier molecular flexibility index (Phi) is 5.14. The van der Waals surface area contributed by atoms with Crippen molar-refractivity contribution in [2.75, 3.05) is 19.7 Å². The minimum absolute atomic E-state index is 0.00217. The molecule has 1 aromatic heterocycles. The maximum absolute atomic E-state index is 12.5. The van der Waals surface area contributed by atoms with Gasteiger partial charge >= 0.3 is 0 Å². The van der Waals surface area contributed by atoms with Crippen molar-refractivity contribution >= 4 is 11.8 Å². The van der Waals surface area contributed by atoms with E-state index in [-0.39, 0.29) is 17.7 Å². The summed E-state index contributed by atoms with van der Waals surface area (Å²) in [5, 5.41) is 3.01. The van der Waals surface area contributed by atoms with Gasteiger partial charge in [-0.1, -0.05) is 12.1 Å². The summed E-state index contributed by atoms with van der Waals surface area (Å²) in [5.74, 6) is 0.772. The Hall–Kier alpha value is -2.76. The highest BCUT2D eigenvalue weighted by molar-refractivity contribution is 5.97. The lowest BCUT2D eigenvalue weighted by atomic mass is 9.98. The van der Waals surface area contributed by atoms with E-state index < -0.39 is 0 Å². The fourth-order valence-corrected chi connectivity index (χ4v) is 3.43. The molecule has 1 N–H and O–H groups in total. The van der Waals surface area contributed by atoms with Gasteiger partial charge in [0.2, 0.25) is 0 Å². The maximum Gasteiger partial charge on any atom is 0.257 e. The van der Waals surface area contributed by atoms with Gasteiger partial charge in [0.1, 0.15) is 12.0 Å². The molecule has 1 saturated carbocycles. The van der Waals surface area contributed by atoms with E-state index in [4.69, 9.17) is 9.15 Å². The highest BCUT2D eigenvalue weighted by atomic mass is 16.5. The number of likely N-dealkylation sites (tertiary alicyclic amines) is 1. The zero-order valence-corrected chi connectivity index (χ0v) is 15.2. The standard InChI is InChI=1S/C21H24N2O4/c24-20(22-17-7-8-17)18-5-1-2-6-19(18)27-13-15-4-3-10-23(12-15)21(25)16-9-11-26-14-16/h1-2,5-6,9,11,14-15,17H,3-4,7-8,10,12-13H2,(H,22,24). The molecule has 6 heteroatoms. The van der Waals surface area contributed by atoms with E-state index in [1.54, 1.807) is 12.1 Å². The number of piperidine rings is 1. The van der Waals surface area contributed by atoms with Crippen LogP contribution in [0.1, 0.15) is 46.4 Å². The number of nitrogens with zero attached hydrogens (tertiary/aromatic N) is 1. The number of para-hydroxylation sites is 1. The van der Waals surface area contributed by atoms with Gasteiger partial charge in [-0.25, -0.2) is 0 Å². The molecule has 0 bridgehead atoms. The fourth-order valence-electron chi connectivity index (χ4n) is 3.43. The first-order chi connectivity index (χ1) is 13.2. The molecular formula is C21H24N2O4. The molecule has 0 spiro atoms. The van der Waals surface area contributed by atoms with E-state index in [9.17, 15) is 9.59 Å². The quantitative estimate of drug-likeness (QED) is 0.850. The molecular weight excluding hydrogens is 344 g/mol. The molecule has 27 heavy (non-hydrogen) atoms. The van der Waals surface area contributed by atoms with Crippen molar-refractivity contribution in [1.82, 2.24) is 10.2 Å². The van der Waals surface area contributed by atoms with Gasteiger partial charge in [0, 0.05) is 25.0 Å². The van der Waals surface area contributed by atoms with Gasteiger partial charge in [0.05, 0.1) is 24.0 Å². The molecule has 2 amide bonds. The van der Waals surface area contributed by atoms with Crippen LogP contribution in [0, 0.1) is 5.92 Å². The zero-order chi connectivity index (χ0) is 18.6. The normalized spacial score (nSPS) is 19.6. The van der Waals surface area contributed by atoms with Crippen molar-refractivity contribution < 1.29 is 18.7 Å². The molecule has 1 aliphatic carbocycles. The van der Waals surface area contributed by atoms with Gasteiger partial charge in [0.25, 0.3) is 11.8 Å². The summed E-state index contributed by atoms with van der Waals surface area (Å²) >= 11 is 0. The number of hydrogen-bond acceptors (Lipinski definition) is 4. The summed E-state index contributed by atoms with van der Waals surface area (Å²) in [4.78, 5) is 26.7. The number of nitrogens with one attached hydrogen (secondary N) is 1. The van der Waals surface area contributed by atoms with Crippen LogP contribution in [0.2, 0.25) is 0 Å². The Labute approximate surface area is 158 Å². The van der Waals surface area contributed by atoms with Crippen LogP contribution in [0.25, 0.3) is 0 Å². The number of rotatable bonds is 6. The second kappa shape index (κ2) is 7.86. The summed E-state index contributed by atoms with van der Waals surface area (Å²) in [5.41, 5.74) is 1.16. The van der Waals surface area contributed by atoms with E-state index in [1.165, 1.54) is 12.5 Å². The predicted octanol–water partition coefficient (Wildman–Crippen LogP) is 3.10. The molecule has 6 nitrogen and oxygen atoms in total. The highest BCUT2D eigenvalue weighted by Gasteiger charge is 2.27. The molecule has 2 aromatic rings. The minimum Gasteiger partial charge on any atom is -0.492 e. The Morgan fingerprint density at radius 3 is 2.81 bits per heavy atom. The van der Waals surface area contributed by atoms with Crippen LogP contribution in [0.3, 0.4) is 0 Å². The number of carbonyl (C=O) groups excluding carboxylic acids is 2. The molecule has 1 aromatic carbocycles. The molecule has 2 fully saturated rings. The number of carbonyl (C=O) groups is 2. The fraction of sp³-hybridized carbons (Fsp3) is 0.429. The first-order valence-corrected chi connectivity index (χ1v) is 9.55. The average Bonchev–Trinajstić information content (AvgIpc) is 3.34. The molecule has 1 atom stereocenters. The molecule has 2 heterocycles. The number of amides is 2. The Morgan fingerprint density at radius 1 is 1.19 bits per heavy atom. The SMILES string of the molecule is O=C(NC1CC1)c1ccccc1OCC1CCCN(C(=O)c2ccoc2)C1. The molecule has 1 saturated heterocycles. The van der Waals surface area contributed by atoms with Gasteiger partial charge < -0.3 is 19.4 Å². The lowest BCUT2D eigenvalue weighted by Crippen LogP contribution is -2.41. The number of furan rings is 1. The largest absolute Gasteiger partial charge is 0.492 e. The van der Waals surface area contributed by atoms with Crippen LogP contribution in [0.15, 0.2) is 47.3 Å². The average molecular weight is 368 g/mol. The van der Waals surface area contributed by atoms with Gasteiger partial charge in [-0.05, 0) is 43.9 Å². The van der Waals surface area contributed by atoms with E-state index in [2.05, 4.69) is 5.32 Å². The summed E-state index contributed by atoms with van der Waals surface area (Å²) in [6.45, 7) is 1.89. The number of hydrogen-bond donors (Lipinski definition) is 1. The third kappa shape index (κ3) is 4.32. The van der Waals surface area contributed by atoms with Gasteiger partial charge in [-0.2, -0.15) is 0 Å². The van der Waals surface area contributed by atoms with Crippen molar-refractivity contribution in [2.45, 2.75) is 31.7 Å². The van der Waals surface area contributed by atoms with Crippen LogP contribution in [0.4, 0.5) is 0 Å². The second-order valence-electron chi connectivity index (χ2n) is 7.33. The number of ether oxygens (including phenoxy) is 1. The van der Waals surface area contributed by atoms with Gasteiger partial charge in [-0.3, -0.25) is 9.59 Å². The summed E-state index contributed by atoms with van der Waals surface area (Å²) in [7, 11) is 0. The van der Waals surface area contributed by atoms with Crippen molar-refractivity contribution in [3.05, 3.63) is 54.0 Å². The van der Waals surface area contributed by atoms with E-state index >= 15 is 0 Å². The summed E-state index contributed by atoms with van der Waals surface area (Å²) in [6.07, 6.45) is 7.06. The lowest BCUT2D eigenvalue weighted by molar-refractivity contribution is 0.0632. The molecule has 142 valence electrons. The molecule has 1 unspecified atom stereocenters. The Bertz CT molecular complexity index is 798. The predicted molar refractivity (Wildman–Crippen MR) is 99.8 cm³/mol. The first-order valence-electron chi connectivity index (χ1n) is 9.55. The minimum atomic E-state index is -0.0755. The second-order valence-corrected chi connectivity index (χ2v) is 7.33. The Morgan fingerprint density at radius 2 is 2.04 bits per heavy atom. The zero-order valence-electron chi connectivity index (χ0n) is 15.2. The van der Waals surface area contributed by atoms with Crippen LogP contribution in [-0.4, -0.2) is 42.5 Å². The van der Waals surface area contributed by atoms with Crippen LogP contribution in [-0.2, 0) is 0 Å². The van der Waals surface area contributed by atoms with E-state index in [0.717, 1.165) is 32.2 Å². The van der Waals surface area contributed by atoms with Gasteiger partial charge in [0.15, 0.2) is 0 Å². The molecule has 4 rings (SSSR count). The number of benzene rings is 1. The topological polar surface area (TPSA) is 71.8 Å². The third-order valence-corrected chi connectivity index (χ3v) is 5.09. The van der Waals surface area contributed by atoms with Crippen molar-refractivity contribution in [2.24, 2.45) is 5.92 Å². The van der Waals surface area contributed by atoms with Crippen LogP contribution in [0.5, 0.6) is 5.75 Å². The van der Waals surface area contributed by atoms with E-state index in [1.807, 2.05) is 23.1 Å². The maximum atomic E-state index is 12.5. The van der Waals surface area contributed by atoms with Gasteiger partial charge in [-0.15, -0.1) is 0 Å². The molecule has 1 aliphatic heterocycles. The van der Waals surface area contributed by atoms with Crippen molar-refractivity contribution in [3.8, 4) is 5.75 Å². The van der Waals surface area contributed by atoms with E-state index in [0.29, 0.717) is 36.1 Å². The van der Waals surface area contributed by atoms with Crippen molar-refractivity contribution in [1.29, 1.82) is 0 Å². The summed E-state index contributed by atoms with van der Waals surface area (Å²) in [6, 6.07) is 9.35. The summed E-state index contributed by atoms with van der Waals surface area (Å²) < 4.78 is 11.0. The highest BCUT2D eigenvalue weighted by Crippen LogP contribution is 2.25. The Balaban J connectivity index is 1.36. The molecule has 0 radical (unpaired) electrons. The lowest BCUT2D eigenvalue weighted by Gasteiger charge is -2.32. The third-order valence-electron chi connectivity index (χ3n) is 5.09.